The van der Waals surface area contributed by atoms with E-state index in [1.807, 2.05) is 18.2 Å². The predicted molar refractivity (Wildman–Crippen MR) is 72.9 cm³/mol. The number of anilines is 1. The lowest BCUT2D eigenvalue weighted by Gasteiger charge is -2.27. The van der Waals surface area contributed by atoms with E-state index >= 15 is 0 Å². The van der Waals surface area contributed by atoms with Crippen molar-refractivity contribution in [1.29, 1.82) is 0 Å². The molecule has 0 atom stereocenters. The monoisotopic (exact) mass is 237 g/mol. The fourth-order valence-corrected chi connectivity index (χ4v) is 1.71. The number of hydrogen-bond donors (Lipinski definition) is 1. The molecule has 0 saturated heterocycles. The number of nitrogens with two attached hydrogens (primary N) is 1. The van der Waals surface area contributed by atoms with Crippen molar-refractivity contribution in [3.63, 3.8) is 0 Å². The number of thiocarbonyl (C=S) groups is 1. The summed E-state index contributed by atoms with van der Waals surface area (Å²) in [7, 11) is 0. The van der Waals surface area contributed by atoms with Gasteiger partial charge in [-0.2, -0.15) is 0 Å². The van der Waals surface area contributed by atoms with Crippen LogP contribution in [0.25, 0.3) is 0 Å². The van der Waals surface area contributed by atoms with Gasteiger partial charge in [-0.15, -0.1) is 0 Å². The molecule has 1 aromatic heterocycles. The third-order valence-electron chi connectivity index (χ3n) is 2.37. The van der Waals surface area contributed by atoms with Gasteiger partial charge in [-0.1, -0.05) is 25.2 Å². The summed E-state index contributed by atoms with van der Waals surface area (Å²) in [6.07, 6.45) is 1.09. The molecule has 0 amide bonds. The van der Waals surface area contributed by atoms with Crippen LogP contribution in [0.1, 0.15) is 32.9 Å². The topological polar surface area (TPSA) is 42.1 Å². The molecule has 16 heavy (non-hydrogen) atoms. The Balaban J connectivity index is 3.00. The molecule has 0 aromatic carbocycles. The molecule has 1 rings (SSSR count). The highest BCUT2D eigenvalue weighted by atomic mass is 32.1. The molecule has 0 unspecified atom stereocenters. The Hall–Kier alpha value is -1.16. The molecule has 3 nitrogen and oxygen atoms in total. The van der Waals surface area contributed by atoms with Crippen LogP contribution in [0.2, 0.25) is 0 Å². The molecule has 0 saturated carbocycles. The molecule has 2 N–H and O–H groups in total. The van der Waals surface area contributed by atoms with E-state index in [1.165, 1.54) is 0 Å². The second kappa shape index (κ2) is 5.80. The molecule has 0 spiro atoms. The molecule has 0 radical (unpaired) electrons. The number of rotatable bonds is 5. The Labute approximate surface area is 103 Å². The SMILES string of the molecule is CCCN(c1cccc(C(N)=S)n1)C(C)C. The molecule has 1 aromatic rings. The van der Waals surface area contributed by atoms with Crippen molar-refractivity contribution >= 4 is 23.0 Å². The minimum Gasteiger partial charge on any atom is -0.388 e. The third kappa shape index (κ3) is 3.17. The summed E-state index contributed by atoms with van der Waals surface area (Å²) in [5, 5.41) is 0. The maximum atomic E-state index is 5.58. The summed E-state index contributed by atoms with van der Waals surface area (Å²) in [6, 6.07) is 6.21. The predicted octanol–water partition coefficient (Wildman–Crippen LogP) is 2.34. The van der Waals surface area contributed by atoms with Crippen LogP contribution in [-0.2, 0) is 0 Å². The van der Waals surface area contributed by atoms with Gasteiger partial charge in [0.25, 0.3) is 0 Å². The second-order valence-electron chi connectivity index (χ2n) is 4.03. The van der Waals surface area contributed by atoms with Crippen molar-refractivity contribution in [3.05, 3.63) is 23.9 Å². The van der Waals surface area contributed by atoms with Crippen molar-refractivity contribution in [2.24, 2.45) is 5.73 Å². The average Bonchev–Trinajstić information content (AvgIpc) is 2.25. The average molecular weight is 237 g/mol. The zero-order chi connectivity index (χ0) is 12.1. The molecule has 0 bridgehead atoms. The van der Waals surface area contributed by atoms with Crippen molar-refractivity contribution < 1.29 is 0 Å². The van der Waals surface area contributed by atoms with Gasteiger partial charge in [0.1, 0.15) is 10.8 Å². The summed E-state index contributed by atoms with van der Waals surface area (Å²) in [5.41, 5.74) is 6.27. The molecular formula is C12H19N3S. The maximum Gasteiger partial charge on any atom is 0.129 e. The van der Waals surface area contributed by atoms with Crippen molar-refractivity contribution in [2.75, 3.05) is 11.4 Å². The number of hydrogen-bond acceptors (Lipinski definition) is 3. The van der Waals surface area contributed by atoms with Crippen LogP contribution in [0.3, 0.4) is 0 Å². The summed E-state index contributed by atoms with van der Waals surface area (Å²) >= 11 is 4.94. The smallest absolute Gasteiger partial charge is 0.129 e. The molecule has 0 aliphatic carbocycles. The fourth-order valence-electron chi connectivity index (χ4n) is 1.60. The lowest BCUT2D eigenvalue weighted by molar-refractivity contribution is 0.662. The lowest BCUT2D eigenvalue weighted by atomic mass is 10.2. The highest BCUT2D eigenvalue weighted by Crippen LogP contribution is 2.15. The number of aromatic nitrogens is 1. The van der Waals surface area contributed by atoms with Crippen LogP contribution in [0.5, 0.6) is 0 Å². The minimum atomic E-state index is 0.349. The first-order valence-electron chi connectivity index (χ1n) is 5.59. The highest BCUT2D eigenvalue weighted by Gasteiger charge is 2.11. The number of nitrogens with zero attached hydrogens (tertiary/aromatic N) is 2. The first kappa shape index (κ1) is 12.9. The Kier molecular flexibility index (Phi) is 4.68. The van der Waals surface area contributed by atoms with Gasteiger partial charge >= 0.3 is 0 Å². The third-order valence-corrected chi connectivity index (χ3v) is 2.58. The van der Waals surface area contributed by atoms with Crippen LogP contribution in [0, 0.1) is 0 Å². The standard InChI is InChI=1S/C12H19N3S/c1-4-8-15(9(2)3)11-7-5-6-10(14-11)12(13)16/h5-7,9H,4,8H2,1-3H3,(H2,13,16). The van der Waals surface area contributed by atoms with E-state index in [4.69, 9.17) is 18.0 Å². The van der Waals surface area contributed by atoms with E-state index in [9.17, 15) is 0 Å². The van der Waals surface area contributed by atoms with Crippen LogP contribution >= 0.6 is 12.2 Å². The molecule has 1 heterocycles. The number of pyridine rings is 1. The Morgan fingerprint density at radius 3 is 2.69 bits per heavy atom. The zero-order valence-corrected chi connectivity index (χ0v) is 10.9. The summed E-state index contributed by atoms with van der Waals surface area (Å²) in [5.74, 6) is 0.946. The molecule has 4 heteroatoms. The molecule has 0 fully saturated rings. The first-order valence-corrected chi connectivity index (χ1v) is 6.00. The van der Waals surface area contributed by atoms with Crippen molar-refractivity contribution in [1.82, 2.24) is 4.98 Å². The second-order valence-corrected chi connectivity index (χ2v) is 4.47. The van der Waals surface area contributed by atoms with E-state index in [0.29, 0.717) is 16.7 Å². The van der Waals surface area contributed by atoms with Gasteiger partial charge in [0.05, 0.1) is 5.69 Å². The Bertz CT molecular complexity index is 363. The maximum absolute atomic E-state index is 5.58. The molecule has 0 aliphatic rings. The first-order chi connectivity index (χ1) is 7.56. The highest BCUT2D eigenvalue weighted by molar-refractivity contribution is 7.80. The molecular weight excluding hydrogens is 218 g/mol. The zero-order valence-electron chi connectivity index (χ0n) is 10.1. The van der Waals surface area contributed by atoms with Crippen LogP contribution in [-0.4, -0.2) is 22.6 Å². The van der Waals surface area contributed by atoms with Crippen LogP contribution in [0.15, 0.2) is 18.2 Å². The minimum absolute atomic E-state index is 0.349. The van der Waals surface area contributed by atoms with Crippen LogP contribution in [0.4, 0.5) is 5.82 Å². The Morgan fingerprint density at radius 1 is 1.50 bits per heavy atom. The van der Waals surface area contributed by atoms with Gasteiger partial charge < -0.3 is 10.6 Å². The van der Waals surface area contributed by atoms with E-state index in [-0.39, 0.29) is 0 Å². The largest absolute Gasteiger partial charge is 0.388 e. The summed E-state index contributed by atoms with van der Waals surface area (Å²) < 4.78 is 0. The van der Waals surface area contributed by atoms with E-state index in [0.717, 1.165) is 18.8 Å². The van der Waals surface area contributed by atoms with Gasteiger partial charge in [-0.3, -0.25) is 0 Å². The van der Waals surface area contributed by atoms with E-state index in [1.54, 1.807) is 0 Å². The normalized spacial score (nSPS) is 10.5. The quantitative estimate of drug-likeness (QED) is 0.798. The molecule has 88 valence electrons. The van der Waals surface area contributed by atoms with E-state index < -0.39 is 0 Å². The van der Waals surface area contributed by atoms with E-state index in [2.05, 4.69) is 30.7 Å². The van der Waals surface area contributed by atoms with Crippen molar-refractivity contribution in [2.45, 2.75) is 33.2 Å². The molecule has 0 aliphatic heterocycles. The van der Waals surface area contributed by atoms with Crippen molar-refractivity contribution in [3.8, 4) is 0 Å². The Morgan fingerprint density at radius 2 is 2.19 bits per heavy atom. The van der Waals surface area contributed by atoms with Gasteiger partial charge in [0, 0.05) is 12.6 Å². The summed E-state index contributed by atoms with van der Waals surface area (Å²) in [4.78, 5) is 7.07. The van der Waals surface area contributed by atoms with Gasteiger partial charge in [-0.25, -0.2) is 4.98 Å². The van der Waals surface area contributed by atoms with Gasteiger partial charge in [0.2, 0.25) is 0 Å². The lowest BCUT2D eigenvalue weighted by Crippen LogP contribution is -2.32. The fraction of sp³-hybridized carbons (Fsp3) is 0.500. The van der Waals surface area contributed by atoms with Gasteiger partial charge in [0.15, 0.2) is 0 Å². The van der Waals surface area contributed by atoms with Gasteiger partial charge in [-0.05, 0) is 32.4 Å². The summed E-state index contributed by atoms with van der Waals surface area (Å²) in [6.45, 7) is 7.47. The van der Waals surface area contributed by atoms with Crippen LogP contribution < -0.4 is 10.6 Å².